The van der Waals surface area contributed by atoms with Crippen molar-refractivity contribution in [2.75, 3.05) is 6.54 Å². The van der Waals surface area contributed by atoms with Crippen LogP contribution in [0.5, 0.6) is 0 Å². The topological polar surface area (TPSA) is 29.9 Å². The van der Waals surface area contributed by atoms with Crippen LogP contribution in [0.4, 0.5) is 0 Å². The minimum atomic E-state index is 0.340. The lowest BCUT2D eigenvalue weighted by Gasteiger charge is -2.20. The number of halogens is 1. The van der Waals surface area contributed by atoms with E-state index in [2.05, 4.69) is 31.2 Å². The van der Waals surface area contributed by atoms with E-state index in [1.807, 2.05) is 4.68 Å². The molecular formula is C15H28ClN3. The SMILES string of the molecule is CCCCCCC(NCCC)c1c(Cl)cnn1CC. The maximum atomic E-state index is 6.31. The molecule has 1 rings (SSSR count). The molecule has 0 aliphatic heterocycles. The summed E-state index contributed by atoms with van der Waals surface area (Å²) < 4.78 is 2.02. The first-order chi connectivity index (χ1) is 9.24. The van der Waals surface area contributed by atoms with Crippen LogP contribution in [-0.4, -0.2) is 16.3 Å². The summed E-state index contributed by atoms with van der Waals surface area (Å²) in [4.78, 5) is 0. The molecule has 0 saturated carbocycles. The Labute approximate surface area is 122 Å². The van der Waals surface area contributed by atoms with Gasteiger partial charge in [-0.1, -0.05) is 51.1 Å². The molecule has 1 aromatic heterocycles. The van der Waals surface area contributed by atoms with Crippen LogP contribution >= 0.6 is 11.6 Å². The fourth-order valence-electron chi connectivity index (χ4n) is 2.40. The monoisotopic (exact) mass is 285 g/mol. The second-order valence-electron chi connectivity index (χ2n) is 5.05. The van der Waals surface area contributed by atoms with Gasteiger partial charge in [0.05, 0.1) is 23.0 Å². The van der Waals surface area contributed by atoms with Crippen molar-refractivity contribution in [1.82, 2.24) is 15.1 Å². The number of hydrogen-bond donors (Lipinski definition) is 1. The summed E-state index contributed by atoms with van der Waals surface area (Å²) in [6.07, 6.45) is 9.21. The molecule has 1 aromatic rings. The smallest absolute Gasteiger partial charge is 0.0834 e. The van der Waals surface area contributed by atoms with Gasteiger partial charge in [-0.15, -0.1) is 0 Å². The van der Waals surface area contributed by atoms with Gasteiger partial charge in [-0.2, -0.15) is 5.10 Å². The fraction of sp³-hybridized carbons (Fsp3) is 0.800. The van der Waals surface area contributed by atoms with E-state index < -0.39 is 0 Å². The predicted molar refractivity (Wildman–Crippen MR) is 82.7 cm³/mol. The molecule has 1 unspecified atom stereocenters. The largest absolute Gasteiger partial charge is 0.309 e. The van der Waals surface area contributed by atoms with E-state index in [1.54, 1.807) is 6.20 Å². The van der Waals surface area contributed by atoms with Gasteiger partial charge in [0.2, 0.25) is 0 Å². The number of aromatic nitrogens is 2. The number of aryl methyl sites for hydroxylation is 1. The quantitative estimate of drug-likeness (QED) is 0.638. The maximum absolute atomic E-state index is 6.31. The Kier molecular flexibility index (Phi) is 8.15. The van der Waals surface area contributed by atoms with Crippen molar-refractivity contribution in [2.24, 2.45) is 0 Å². The Morgan fingerprint density at radius 3 is 2.63 bits per heavy atom. The number of nitrogens with one attached hydrogen (secondary N) is 1. The molecule has 1 atom stereocenters. The second kappa shape index (κ2) is 9.38. The third-order valence-corrected chi connectivity index (χ3v) is 3.74. The molecule has 0 aromatic carbocycles. The maximum Gasteiger partial charge on any atom is 0.0834 e. The zero-order chi connectivity index (χ0) is 14.1. The molecule has 0 fully saturated rings. The minimum absolute atomic E-state index is 0.340. The van der Waals surface area contributed by atoms with Crippen molar-refractivity contribution in [1.29, 1.82) is 0 Å². The van der Waals surface area contributed by atoms with Gasteiger partial charge in [0, 0.05) is 6.54 Å². The van der Waals surface area contributed by atoms with E-state index in [1.165, 1.54) is 25.7 Å². The molecule has 1 heterocycles. The van der Waals surface area contributed by atoms with Crippen molar-refractivity contribution < 1.29 is 0 Å². The molecule has 0 bridgehead atoms. The molecule has 110 valence electrons. The Hall–Kier alpha value is -0.540. The molecule has 0 amide bonds. The Morgan fingerprint density at radius 1 is 1.21 bits per heavy atom. The van der Waals surface area contributed by atoms with Gasteiger partial charge in [0.1, 0.15) is 0 Å². The van der Waals surface area contributed by atoms with Crippen LogP contribution in [-0.2, 0) is 6.54 Å². The fourth-order valence-corrected chi connectivity index (χ4v) is 2.67. The summed E-state index contributed by atoms with van der Waals surface area (Å²) in [5, 5.41) is 8.77. The van der Waals surface area contributed by atoms with Crippen LogP contribution in [0.2, 0.25) is 5.02 Å². The van der Waals surface area contributed by atoms with E-state index in [4.69, 9.17) is 11.6 Å². The standard InChI is InChI=1S/C15H28ClN3/c1-4-7-8-9-10-14(17-11-5-2)15-13(16)12-18-19(15)6-3/h12,14,17H,4-11H2,1-3H3. The molecule has 0 aliphatic rings. The van der Waals surface area contributed by atoms with Crippen molar-refractivity contribution in [3.05, 3.63) is 16.9 Å². The van der Waals surface area contributed by atoms with Gasteiger partial charge in [-0.3, -0.25) is 4.68 Å². The van der Waals surface area contributed by atoms with Crippen LogP contribution in [0.1, 0.15) is 71.0 Å². The normalized spacial score (nSPS) is 12.8. The molecule has 0 radical (unpaired) electrons. The number of nitrogens with zero attached hydrogens (tertiary/aromatic N) is 2. The second-order valence-corrected chi connectivity index (χ2v) is 5.46. The molecule has 4 heteroatoms. The van der Waals surface area contributed by atoms with E-state index in [0.29, 0.717) is 6.04 Å². The zero-order valence-electron chi connectivity index (χ0n) is 12.6. The number of unbranched alkanes of at least 4 members (excludes halogenated alkanes) is 3. The summed E-state index contributed by atoms with van der Waals surface area (Å²) in [6, 6.07) is 0.340. The van der Waals surface area contributed by atoms with E-state index in [9.17, 15) is 0 Å². The van der Waals surface area contributed by atoms with Crippen LogP contribution in [0.3, 0.4) is 0 Å². The third kappa shape index (κ3) is 5.15. The van der Waals surface area contributed by atoms with Gasteiger partial charge in [-0.05, 0) is 26.3 Å². The van der Waals surface area contributed by atoms with Gasteiger partial charge in [0.15, 0.2) is 0 Å². The van der Waals surface area contributed by atoms with Crippen LogP contribution in [0, 0.1) is 0 Å². The highest BCUT2D eigenvalue weighted by atomic mass is 35.5. The molecule has 0 saturated heterocycles. The summed E-state index contributed by atoms with van der Waals surface area (Å²) >= 11 is 6.31. The first-order valence-corrected chi connectivity index (χ1v) is 8.06. The van der Waals surface area contributed by atoms with Gasteiger partial charge in [-0.25, -0.2) is 0 Å². The molecule has 1 N–H and O–H groups in total. The van der Waals surface area contributed by atoms with Gasteiger partial charge < -0.3 is 5.32 Å². The minimum Gasteiger partial charge on any atom is -0.309 e. The van der Waals surface area contributed by atoms with E-state index in [-0.39, 0.29) is 0 Å². The van der Waals surface area contributed by atoms with Crippen LogP contribution < -0.4 is 5.32 Å². The number of rotatable bonds is 10. The first-order valence-electron chi connectivity index (χ1n) is 7.69. The predicted octanol–water partition coefficient (Wildman–Crippen LogP) is 4.57. The molecule has 0 spiro atoms. The van der Waals surface area contributed by atoms with Crippen LogP contribution in [0.15, 0.2) is 6.20 Å². The summed E-state index contributed by atoms with van der Waals surface area (Å²) in [5.74, 6) is 0. The summed E-state index contributed by atoms with van der Waals surface area (Å²) in [6.45, 7) is 8.46. The molecule has 0 aliphatic carbocycles. The Morgan fingerprint density at radius 2 is 2.00 bits per heavy atom. The highest BCUT2D eigenvalue weighted by Gasteiger charge is 2.18. The van der Waals surface area contributed by atoms with Crippen molar-refractivity contribution >= 4 is 11.6 Å². The average Bonchev–Trinajstić information content (AvgIpc) is 2.79. The van der Waals surface area contributed by atoms with Crippen molar-refractivity contribution in [3.63, 3.8) is 0 Å². The Bertz CT molecular complexity index is 349. The average molecular weight is 286 g/mol. The van der Waals surface area contributed by atoms with Gasteiger partial charge in [0.25, 0.3) is 0 Å². The Balaban J connectivity index is 2.68. The lowest BCUT2D eigenvalue weighted by atomic mass is 10.0. The first kappa shape index (κ1) is 16.5. The molecule has 19 heavy (non-hydrogen) atoms. The van der Waals surface area contributed by atoms with Crippen molar-refractivity contribution in [2.45, 2.75) is 71.9 Å². The van der Waals surface area contributed by atoms with Gasteiger partial charge >= 0.3 is 0 Å². The van der Waals surface area contributed by atoms with E-state index >= 15 is 0 Å². The molecule has 3 nitrogen and oxygen atoms in total. The highest BCUT2D eigenvalue weighted by molar-refractivity contribution is 6.31. The van der Waals surface area contributed by atoms with E-state index in [0.717, 1.165) is 36.6 Å². The summed E-state index contributed by atoms with van der Waals surface area (Å²) in [7, 11) is 0. The highest BCUT2D eigenvalue weighted by Crippen LogP contribution is 2.27. The van der Waals surface area contributed by atoms with Crippen LogP contribution in [0.25, 0.3) is 0 Å². The lowest BCUT2D eigenvalue weighted by molar-refractivity contribution is 0.437. The third-order valence-electron chi connectivity index (χ3n) is 3.45. The summed E-state index contributed by atoms with van der Waals surface area (Å²) in [5.41, 5.74) is 1.16. The molecular weight excluding hydrogens is 258 g/mol. The number of hydrogen-bond acceptors (Lipinski definition) is 2. The lowest BCUT2D eigenvalue weighted by Crippen LogP contribution is -2.25. The zero-order valence-corrected chi connectivity index (χ0v) is 13.3. The van der Waals surface area contributed by atoms with Crippen molar-refractivity contribution in [3.8, 4) is 0 Å².